The lowest BCUT2D eigenvalue weighted by Gasteiger charge is -2.08. The first kappa shape index (κ1) is 19.5. The highest BCUT2D eigenvalue weighted by Crippen LogP contribution is 2.24. The number of rotatable bonds is 7. The summed E-state index contributed by atoms with van der Waals surface area (Å²) in [7, 11) is 0. The van der Waals surface area contributed by atoms with E-state index in [1.807, 2.05) is 6.07 Å². The molecule has 1 heterocycles. The maximum Gasteiger partial charge on any atom is 0.312 e. The van der Waals surface area contributed by atoms with E-state index in [9.17, 15) is 9.59 Å². The molecule has 0 aliphatic heterocycles. The van der Waals surface area contributed by atoms with Gasteiger partial charge in [0.1, 0.15) is 22.9 Å². The lowest BCUT2D eigenvalue weighted by molar-refractivity contribution is -0.134. The van der Waals surface area contributed by atoms with Crippen LogP contribution in [0.15, 0.2) is 67.1 Å². The molecule has 0 unspecified atom stereocenters. The Hall–Kier alpha value is -4.25. The molecule has 0 fully saturated rings. The minimum absolute atomic E-state index is 0.00942. The van der Waals surface area contributed by atoms with E-state index in [4.69, 9.17) is 14.7 Å². The maximum atomic E-state index is 11.9. The molecule has 0 saturated carbocycles. The molecule has 0 spiro atoms. The van der Waals surface area contributed by atoms with Crippen molar-refractivity contribution in [1.29, 1.82) is 5.26 Å². The van der Waals surface area contributed by atoms with Crippen molar-refractivity contribution in [3.63, 3.8) is 0 Å². The maximum absolute atomic E-state index is 11.9. The van der Waals surface area contributed by atoms with E-state index >= 15 is 0 Å². The van der Waals surface area contributed by atoms with Crippen LogP contribution in [0.3, 0.4) is 0 Å². The fourth-order valence-corrected chi connectivity index (χ4v) is 2.28. The first-order chi connectivity index (χ1) is 14.1. The van der Waals surface area contributed by atoms with E-state index in [-0.39, 0.29) is 18.7 Å². The molecule has 0 saturated heterocycles. The minimum Gasteiger partial charge on any atom is -0.457 e. The number of hydrogen-bond donors (Lipinski definition) is 1. The van der Waals surface area contributed by atoms with Gasteiger partial charge in [-0.15, -0.1) is 0 Å². The number of aromatic nitrogens is 2. The molecule has 0 aliphatic rings. The van der Waals surface area contributed by atoms with Crippen molar-refractivity contribution < 1.29 is 19.1 Å². The van der Waals surface area contributed by atoms with Crippen molar-refractivity contribution >= 4 is 11.9 Å². The molecule has 29 heavy (non-hydrogen) atoms. The zero-order chi connectivity index (χ0) is 20.5. The van der Waals surface area contributed by atoms with E-state index in [0.29, 0.717) is 22.8 Å². The zero-order valence-electron chi connectivity index (χ0n) is 15.2. The van der Waals surface area contributed by atoms with Crippen LogP contribution in [-0.4, -0.2) is 28.4 Å². The number of nitriles is 1. The Morgan fingerprint density at radius 2 is 1.62 bits per heavy atom. The topological polar surface area (TPSA) is 114 Å². The predicted molar refractivity (Wildman–Crippen MR) is 102 cm³/mol. The van der Waals surface area contributed by atoms with Gasteiger partial charge in [0.2, 0.25) is 0 Å². The number of amides is 1. The van der Waals surface area contributed by atoms with Crippen molar-refractivity contribution in [3.05, 3.63) is 78.4 Å². The Morgan fingerprint density at radius 1 is 0.966 bits per heavy atom. The summed E-state index contributed by atoms with van der Waals surface area (Å²) in [5.41, 5.74) is 0.728. The second-order valence-corrected chi connectivity index (χ2v) is 5.78. The van der Waals surface area contributed by atoms with Crippen LogP contribution in [-0.2, 0) is 4.79 Å². The molecule has 8 heteroatoms. The van der Waals surface area contributed by atoms with Gasteiger partial charge >= 0.3 is 5.97 Å². The van der Waals surface area contributed by atoms with E-state index in [2.05, 4.69) is 15.3 Å². The Morgan fingerprint density at radius 3 is 2.24 bits per heavy atom. The first-order valence-electron chi connectivity index (χ1n) is 8.67. The summed E-state index contributed by atoms with van der Waals surface area (Å²) < 4.78 is 10.9. The van der Waals surface area contributed by atoms with Crippen LogP contribution >= 0.6 is 0 Å². The van der Waals surface area contributed by atoms with Crippen LogP contribution in [0.2, 0.25) is 0 Å². The number of carbonyl (C=O) groups is 2. The number of nitrogens with one attached hydrogen (secondary N) is 1. The van der Waals surface area contributed by atoms with E-state index in [1.165, 1.54) is 18.6 Å². The second-order valence-electron chi connectivity index (χ2n) is 5.78. The second kappa shape index (κ2) is 9.62. The summed E-state index contributed by atoms with van der Waals surface area (Å²) >= 11 is 0. The predicted octanol–water partition coefficient (Wildman–Crippen LogP) is 2.87. The summed E-state index contributed by atoms with van der Waals surface area (Å²) in [6, 6.07) is 15.3. The van der Waals surface area contributed by atoms with Gasteiger partial charge in [-0.3, -0.25) is 14.6 Å². The van der Waals surface area contributed by atoms with Crippen LogP contribution in [0.5, 0.6) is 17.2 Å². The standard InChI is InChI=1S/C21H16N4O4/c22-13-15-1-3-16(4-2-15)28-17-5-7-18(8-6-17)29-20(26)9-10-25-21(27)19-14-23-11-12-24-19/h1-8,11-12,14H,9-10H2,(H,25,27). The monoisotopic (exact) mass is 388 g/mol. The smallest absolute Gasteiger partial charge is 0.312 e. The molecular weight excluding hydrogens is 372 g/mol. The SMILES string of the molecule is N#Cc1ccc(Oc2ccc(OC(=O)CCNC(=O)c3cnccn3)cc2)cc1. The summed E-state index contributed by atoms with van der Waals surface area (Å²) in [6.45, 7) is 0.119. The lowest BCUT2D eigenvalue weighted by atomic mass is 10.2. The third-order valence-corrected chi connectivity index (χ3v) is 3.69. The molecule has 3 rings (SSSR count). The molecule has 0 aliphatic carbocycles. The Balaban J connectivity index is 1.44. The molecule has 1 amide bonds. The largest absolute Gasteiger partial charge is 0.457 e. The first-order valence-corrected chi connectivity index (χ1v) is 8.67. The van der Waals surface area contributed by atoms with Crippen molar-refractivity contribution in [2.24, 2.45) is 0 Å². The number of hydrogen-bond acceptors (Lipinski definition) is 7. The van der Waals surface area contributed by atoms with Crippen LogP contribution in [0, 0.1) is 11.3 Å². The summed E-state index contributed by atoms with van der Waals surface area (Å²) in [4.78, 5) is 31.4. The fourth-order valence-electron chi connectivity index (χ4n) is 2.28. The molecule has 8 nitrogen and oxygen atoms in total. The van der Waals surface area contributed by atoms with Crippen LogP contribution in [0.1, 0.15) is 22.5 Å². The highest BCUT2D eigenvalue weighted by Gasteiger charge is 2.09. The van der Waals surface area contributed by atoms with Crippen molar-refractivity contribution in [2.75, 3.05) is 6.54 Å². The number of esters is 1. The number of benzene rings is 2. The quantitative estimate of drug-likeness (QED) is 0.489. The minimum atomic E-state index is -0.481. The third-order valence-electron chi connectivity index (χ3n) is 3.69. The van der Waals surface area contributed by atoms with Gasteiger partial charge < -0.3 is 14.8 Å². The van der Waals surface area contributed by atoms with Crippen molar-refractivity contribution in [1.82, 2.24) is 15.3 Å². The van der Waals surface area contributed by atoms with Gasteiger partial charge in [0, 0.05) is 18.9 Å². The van der Waals surface area contributed by atoms with Crippen LogP contribution in [0.25, 0.3) is 0 Å². The normalized spacial score (nSPS) is 9.90. The van der Waals surface area contributed by atoms with Gasteiger partial charge in [0.05, 0.1) is 24.3 Å². The molecule has 144 valence electrons. The molecular formula is C21H16N4O4. The van der Waals surface area contributed by atoms with Gasteiger partial charge in [0.15, 0.2) is 0 Å². The molecule has 2 aromatic carbocycles. The Labute approximate surface area is 166 Å². The van der Waals surface area contributed by atoms with E-state index in [1.54, 1.807) is 48.5 Å². The summed E-state index contributed by atoms with van der Waals surface area (Å²) in [6.07, 6.45) is 4.23. The van der Waals surface area contributed by atoms with Crippen molar-refractivity contribution in [2.45, 2.75) is 6.42 Å². The molecule has 0 bridgehead atoms. The van der Waals surface area contributed by atoms with Gasteiger partial charge in [-0.1, -0.05) is 0 Å². The van der Waals surface area contributed by atoms with E-state index in [0.717, 1.165) is 0 Å². The summed E-state index contributed by atoms with van der Waals surface area (Å²) in [5, 5.41) is 11.4. The average molecular weight is 388 g/mol. The van der Waals surface area contributed by atoms with Gasteiger partial charge in [-0.05, 0) is 48.5 Å². The highest BCUT2D eigenvalue weighted by atomic mass is 16.5. The highest BCUT2D eigenvalue weighted by molar-refractivity contribution is 5.92. The molecule has 0 radical (unpaired) electrons. The zero-order valence-corrected chi connectivity index (χ0v) is 15.2. The molecule has 0 atom stereocenters. The Kier molecular flexibility index (Phi) is 6.47. The fraction of sp³-hybridized carbons (Fsp3) is 0.0952. The van der Waals surface area contributed by atoms with E-state index < -0.39 is 11.9 Å². The van der Waals surface area contributed by atoms with Crippen LogP contribution in [0.4, 0.5) is 0 Å². The third kappa shape index (κ3) is 5.87. The summed E-state index contributed by atoms with van der Waals surface area (Å²) in [5.74, 6) is 0.626. The lowest BCUT2D eigenvalue weighted by Crippen LogP contribution is -2.27. The van der Waals surface area contributed by atoms with Gasteiger partial charge in [-0.2, -0.15) is 5.26 Å². The number of carbonyl (C=O) groups excluding carboxylic acids is 2. The molecule has 3 aromatic rings. The van der Waals surface area contributed by atoms with Gasteiger partial charge in [-0.25, -0.2) is 4.98 Å². The average Bonchev–Trinajstić information content (AvgIpc) is 2.76. The van der Waals surface area contributed by atoms with Crippen LogP contribution < -0.4 is 14.8 Å². The number of nitrogens with zero attached hydrogens (tertiary/aromatic N) is 3. The van der Waals surface area contributed by atoms with Crippen molar-refractivity contribution in [3.8, 4) is 23.3 Å². The van der Waals surface area contributed by atoms with Gasteiger partial charge in [0.25, 0.3) is 5.91 Å². The molecule has 1 aromatic heterocycles. The Bertz CT molecular complexity index is 1010. The molecule has 1 N–H and O–H groups in total. The number of ether oxygens (including phenoxy) is 2.